The van der Waals surface area contributed by atoms with Gasteiger partial charge in [-0.2, -0.15) is 0 Å². The minimum absolute atomic E-state index is 0.0890. The molecule has 0 saturated heterocycles. The molecule has 0 radical (unpaired) electrons. The fraction of sp³-hybridized carbons (Fsp3) is 0.182. The van der Waals surface area contributed by atoms with Crippen LogP contribution >= 0.6 is 11.3 Å². The summed E-state index contributed by atoms with van der Waals surface area (Å²) in [6.07, 6.45) is 1.26. The molecule has 1 aromatic heterocycles. The molecule has 0 unspecified atom stereocenters. The first-order valence-electron chi connectivity index (χ1n) is 9.30. The topological polar surface area (TPSA) is 111 Å². The maximum Gasteiger partial charge on any atom is 0.341 e. The van der Waals surface area contributed by atoms with Gasteiger partial charge in [0.2, 0.25) is 5.75 Å². The van der Waals surface area contributed by atoms with Crippen LogP contribution in [0.3, 0.4) is 0 Å². The third-order valence-corrected chi connectivity index (χ3v) is 5.35. The van der Waals surface area contributed by atoms with Gasteiger partial charge in [-0.05, 0) is 25.5 Å². The number of hydrogen-bond acceptors (Lipinski definition) is 8. The second-order valence-corrected chi connectivity index (χ2v) is 7.37. The van der Waals surface area contributed by atoms with Crippen LogP contribution in [-0.4, -0.2) is 35.9 Å². The molecule has 1 heterocycles. The molecular weight excluding hydrogens is 420 g/mol. The van der Waals surface area contributed by atoms with Crippen molar-refractivity contribution in [2.75, 3.05) is 13.7 Å². The number of carbonyl (C=O) groups excluding carboxylic acids is 1. The van der Waals surface area contributed by atoms with E-state index in [0.717, 1.165) is 17.2 Å². The normalized spacial score (nSPS) is 10.9. The quantitative estimate of drug-likeness (QED) is 0.232. The van der Waals surface area contributed by atoms with Crippen LogP contribution in [0.25, 0.3) is 11.1 Å². The number of aliphatic imine (C=N–C) groups is 1. The van der Waals surface area contributed by atoms with E-state index in [1.54, 1.807) is 12.3 Å². The average Bonchev–Trinajstić information content (AvgIpc) is 3.17. The highest BCUT2D eigenvalue weighted by atomic mass is 32.1. The fourth-order valence-electron chi connectivity index (χ4n) is 2.89. The van der Waals surface area contributed by atoms with E-state index in [-0.39, 0.29) is 17.9 Å². The number of nitro benzene ring substituents is 1. The van der Waals surface area contributed by atoms with Crippen molar-refractivity contribution in [3.05, 3.63) is 68.6 Å². The van der Waals surface area contributed by atoms with Crippen molar-refractivity contribution in [3.63, 3.8) is 0 Å². The molecule has 3 rings (SSSR count). The lowest BCUT2D eigenvalue weighted by molar-refractivity contribution is -0.385. The molecule has 0 fully saturated rings. The summed E-state index contributed by atoms with van der Waals surface area (Å²) in [6.45, 7) is 3.89. The predicted molar refractivity (Wildman–Crippen MR) is 119 cm³/mol. The Balaban J connectivity index is 2.09. The Bertz CT molecular complexity index is 1150. The van der Waals surface area contributed by atoms with E-state index in [2.05, 4.69) is 4.99 Å². The Morgan fingerprint density at radius 3 is 2.61 bits per heavy atom. The predicted octanol–water partition coefficient (Wildman–Crippen LogP) is 5.27. The lowest BCUT2D eigenvalue weighted by atomic mass is 10.0. The van der Waals surface area contributed by atoms with Crippen LogP contribution in [0.4, 0.5) is 10.7 Å². The third-order valence-electron chi connectivity index (χ3n) is 4.46. The van der Waals surface area contributed by atoms with Crippen molar-refractivity contribution in [1.82, 2.24) is 0 Å². The molecule has 0 aliphatic heterocycles. The molecule has 1 N–H and O–H groups in total. The Hall–Kier alpha value is -3.72. The summed E-state index contributed by atoms with van der Waals surface area (Å²) in [4.78, 5) is 27.5. The van der Waals surface area contributed by atoms with Gasteiger partial charge in [-0.25, -0.2) is 9.79 Å². The van der Waals surface area contributed by atoms with Gasteiger partial charge in [-0.3, -0.25) is 10.1 Å². The molecular formula is C22H20N2O6S. The lowest BCUT2D eigenvalue weighted by Crippen LogP contribution is -2.05. The highest BCUT2D eigenvalue weighted by Crippen LogP contribution is 2.39. The molecule has 0 bridgehead atoms. The lowest BCUT2D eigenvalue weighted by Gasteiger charge is -2.07. The number of thiophene rings is 1. The van der Waals surface area contributed by atoms with Gasteiger partial charge in [0.1, 0.15) is 16.3 Å². The highest BCUT2D eigenvalue weighted by molar-refractivity contribution is 7.14. The minimum atomic E-state index is -0.708. The van der Waals surface area contributed by atoms with Gasteiger partial charge in [-0.15, -0.1) is 11.3 Å². The zero-order chi connectivity index (χ0) is 22.5. The van der Waals surface area contributed by atoms with E-state index in [4.69, 9.17) is 9.47 Å². The van der Waals surface area contributed by atoms with Crippen LogP contribution < -0.4 is 4.74 Å². The van der Waals surface area contributed by atoms with Gasteiger partial charge in [-0.1, -0.05) is 29.8 Å². The first kappa shape index (κ1) is 22.0. The molecule has 2 aromatic carbocycles. The molecule has 160 valence electrons. The molecule has 0 atom stereocenters. The summed E-state index contributed by atoms with van der Waals surface area (Å²) in [7, 11) is 1.36. The number of carbonyl (C=O) groups is 1. The zero-order valence-electron chi connectivity index (χ0n) is 17.1. The number of nitro groups is 1. The van der Waals surface area contributed by atoms with Gasteiger partial charge in [0.25, 0.3) is 0 Å². The van der Waals surface area contributed by atoms with E-state index in [1.165, 1.54) is 30.7 Å². The smallest absolute Gasteiger partial charge is 0.341 e. The second-order valence-electron chi connectivity index (χ2n) is 6.52. The molecule has 3 aromatic rings. The summed E-state index contributed by atoms with van der Waals surface area (Å²) in [6, 6.07) is 10.2. The van der Waals surface area contributed by atoms with Crippen LogP contribution in [0.2, 0.25) is 0 Å². The number of phenols is 1. The molecule has 0 aliphatic rings. The van der Waals surface area contributed by atoms with Gasteiger partial charge in [0, 0.05) is 22.7 Å². The van der Waals surface area contributed by atoms with Crippen LogP contribution in [0.5, 0.6) is 11.5 Å². The molecule has 0 aliphatic carbocycles. The Morgan fingerprint density at radius 1 is 1.29 bits per heavy atom. The zero-order valence-corrected chi connectivity index (χ0v) is 17.9. The van der Waals surface area contributed by atoms with Crippen molar-refractivity contribution in [2.24, 2.45) is 4.99 Å². The number of aryl methyl sites for hydroxylation is 1. The van der Waals surface area contributed by atoms with Crippen LogP contribution in [0.1, 0.15) is 28.4 Å². The second kappa shape index (κ2) is 9.40. The largest absolute Gasteiger partial charge is 0.502 e. The van der Waals surface area contributed by atoms with Crippen molar-refractivity contribution < 1.29 is 24.3 Å². The number of benzene rings is 2. The van der Waals surface area contributed by atoms with Crippen LogP contribution in [0.15, 0.2) is 46.8 Å². The third kappa shape index (κ3) is 4.72. The number of aromatic hydroxyl groups is 1. The maximum absolute atomic E-state index is 12.7. The summed E-state index contributed by atoms with van der Waals surface area (Å²) >= 11 is 1.23. The molecule has 0 spiro atoms. The minimum Gasteiger partial charge on any atom is -0.502 e. The highest BCUT2D eigenvalue weighted by Gasteiger charge is 2.22. The first-order valence-corrected chi connectivity index (χ1v) is 10.2. The fourth-order valence-corrected chi connectivity index (χ4v) is 3.79. The number of ether oxygens (including phenoxy) is 2. The average molecular weight is 440 g/mol. The number of hydrogen-bond donors (Lipinski definition) is 1. The SMILES string of the molecule is CCOC(=O)c1c(-c2ccc(C)cc2)csc1N=Cc1cc(OC)cc([N+](=O)[O-])c1O. The number of phenolic OH excluding ortho intramolecular Hbond substituents is 1. The summed E-state index contributed by atoms with van der Waals surface area (Å²) in [5.41, 5.74) is 2.49. The van der Waals surface area contributed by atoms with Crippen molar-refractivity contribution in [2.45, 2.75) is 13.8 Å². The Kier molecular flexibility index (Phi) is 6.66. The van der Waals surface area contributed by atoms with Crippen molar-refractivity contribution >= 4 is 34.2 Å². The van der Waals surface area contributed by atoms with Crippen molar-refractivity contribution in [3.8, 4) is 22.6 Å². The van der Waals surface area contributed by atoms with E-state index in [9.17, 15) is 20.0 Å². The molecule has 31 heavy (non-hydrogen) atoms. The van der Waals surface area contributed by atoms with Gasteiger partial charge >= 0.3 is 11.7 Å². The monoisotopic (exact) mass is 440 g/mol. The van der Waals surface area contributed by atoms with E-state index < -0.39 is 22.3 Å². The molecule has 0 saturated carbocycles. The van der Waals surface area contributed by atoms with Crippen LogP contribution in [0, 0.1) is 17.0 Å². The summed E-state index contributed by atoms with van der Waals surface area (Å²) in [5, 5.41) is 23.6. The van der Waals surface area contributed by atoms with Crippen molar-refractivity contribution in [1.29, 1.82) is 0 Å². The Labute approximate surface area is 182 Å². The number of esters is 1. The first-order chi connectivity index (χ1) is 14.8. The van der Waals surface area contributed by atoms with Gasteiger partial charge in [0.15, 0.2) is 0 Å². The molecule has 0 amide bonds. The van der Waals surface area contributed by atoms with E-state index >= 15 is 0 Å². The maximum atomic E-state index is 12.7. The number of methoxy groups -OCH3 is 1. The van der Waals surface area contributed by atoms with E-state index in [0.29, 0.717) is 16.1 Å². The molecule has 8 nitrogen and oxygen atoms in total. The Morgan fingerprint density at radius 2 is 2.00 bits per heavy atom. The van der Waals surface area contributed by atoms with E-state index in [1.807, 2.05) is 31.2 Å². The standard InChI is InChI=1S/C22H20N2O6S/c1-4-30-22(26)19-17(14-7-5-13(2)6-8-14)12-31-21(19)23-11-15-9-16(29-3)10-18(20(15)25)24(27)28/h5-12,25H,4H2,1-3H3. The van der Waals surface area contributed by atoms with Gasteiger partial charge in [0.05, 0.1) is 24.7 Å². The van der Waals surface area contributed by atoms with Gasteiger partial charge < -0.3 is 14.6 Å². The number of rotatable bonds is 7. The molecule has 9 heteroatoms. The van der Waals surface area contributed by atoms with Crippen LogP contribution in [-0.2, 0) is 4.74 Å². The summed E-state index contributed by atoms with van der Waals surface area (Å²) in [5.74, 6) is -0.863. The number of nitrogens with zero attached hydrogens (tertiary/aromatic N) is 2. The summed E-state index contributed by atoms with van der Waals surface area (Å²) < 4.78 is 10.3.